The second kappa shape index (κ2) is 10.3. The van der Waals surface area contributed by atoms with Crippen LogP contribution >= 0.6 is 0 Å². The fourth-order valence-electron chi connectivity index (χ4n) is 5.34. The summed E-state index contributed by atoms with van der Waals surface area (Å²) in [6, 6.07) is 14.4. The summed E-state index contributed by atoms with van der Waals surface area (Å²) in [5.74, 6) is 0.976. The third kappa shape index (κ3) is 5.42. The zero-order valence-corrected chi connectivity index (χ0v) is 23.3. The van der Waals surface area contributed by atoms with Crippen molar-refractivity contribution in [2.45, 2.75) is 58.2 Å². The number of rotatable bonds is 5. The molecule has 1 aliphatic heterocycles. The number of piperazine rings is 1. The molecule has 1 aliphatic carbocycles. The van der Waals surface area contributed by atoms with Crippen molar-refractivity contribution in [3.8, 4) is 6.07 Å². The number of carbonyl (C=O) groups excluding carboxylic acids is 2. The lowest BCUT2D eigenvalue weighted by Gasteiger charge is -2.42. The Kier molecular flexibility index (Phi) is 6.98. The number of pyridine rings is 1. The van der Waals surface area contributed by atoms with Gasteiger partial charge in [0.1, 0.15) is 23.1 Å². The van der Waals surface area contributed by atoms with Gasteiger partial charge in [0.25, 0.3) is 0 Å². The number of fused-ring (bicyclic) bond motifs is 1. The zero-order valence-electron chi connectivity index (χ0n) is 23.3. The third-order valence-corrected chi connectivity index (χ3v) is 7.74. The largest absolute Gasteiger partial charge is 0.444 e. The highest BCUT2D eigenvalue weighted by Gasteiger charge is 2.38. The van der Waals surface area contributed by atoms with E-state index in [1.807, 2.05) is 63.4 Å². The molecule has 0 bridgehead atoms. The van der Waals surface area contributed by atoms with Gasteiger partial charge in [0.15, 0.2) is 5.78 Å². The van der Waals surface area contributed by atoms with Crippen molar-refractivity contribution in [3.63, 3.8) is 0 Å². The van der Waals surface area contributed by atoms with Crippen LogP contribution in [0.4, 0.5) is 16.3 Å². The molecule has 39 heavy (non-hydrogen) atoms. The lowest BCUT2D eigenvalue weighted by atomic mass is 9.85. The van der Waals surface area contributed by atoms with Crippen LogP contribution < -0.4 is 9.80 Å². The van der Waals surface area contributed by atoms with E-state index in [0.29, 0.717) is 5.56 Å². The second-order valence-electron chi connectivity index (χ2n) is 11.5. The van der Waals surface area contributed by atoms with Gasteiger partial charge in [-0.2, -0.15) is 5.26 Å². The predicted molar refractivity (Wildman–Crippen MR) is 151 cm³/mol. The highest BCUT2D eigenvalue weighted by Crippen LogP contribution is 2.39. The third-order valence-electron chi connectivity index (χ3n) is 7.74. The van der Waals surface area contributed by atoms with Crippen molar-refractivity contribution < 1.29 is 14.3 Å². The fourth-order valence-corrected chi connectivity index (χ4v) is 5.34. The van der Waals surface area contributed by atoms with Crippen molar-refractivity contribution in [1.29, 1.82) is 5.26 Å². The van der Waals surface area contributed by atoms with Crippen molar-refractivity contribution >= 4 is 34.4 Å². The average molecular weight is 529 g/mol. The molecule has 2 fully saturated rings. The summed E-state index contributed by atoms with van der Waals surface area (Å²) >= 11 is 0. The first-order chi connectivity index (χ1) is 18.5. The molecule has 0 N–H and O–H groups in total. The Hall–Kier alpha value is -4.06. The number of nitriles is 1. The molecular formula is C30H36N6O3. The zero-order chi connectivity index (χ0) is 27.9. The van der Waals surface area contributed by atoms with Gasteiger partial charge in [0, 0.05) is 68.1 Å². The molecule has 1 saturated carbocycles. The van der Waals surface area contributed by atoms with Gasteiger partial charge in [-0.3, -0.25) is 4.79 Å². The molecule has 0 spiro atoms. The SMILES string of the molecule is CC(=O)c1ccc(N2CCN(c3ccc4c(C#N)cn(C5CC(N(C)C(=O)OC(C)(C)C)C5)c4n3)CC2)cc1. The summed E-state index contributed by atoms with van der Waals surface area (Å²) in [6.07, 6.45) is 3.17. The molecule has 0 radical (unpaired) electrons. The highest BCUT2D eigenvalue weighted by atomic mass is 16.6. The molecule has 5 rings (SSSR count). The number of benzene rings is 1. The van der Waals surface area contributed by atoms with Crippen LogP contribution in [0.1, 0.15) is 62.5 Å². The van der Waals surface area contributed by atoms with Crippen LogP contribution in [0.25, 0.3) is 11.0 Å². The number of amides is 1. The van der Waals surface area contributed by atoms with E-state index in [4.69, 9.17) is 9.72 Å². The van der Waals surface area contributed by atoms with Crippen LogP contribution in [0.3, 0.4) is 0 Å². The van der Waals surface area contributed by atoms with Gasteiger partial charge >= 0.3 is 6.09 Å². The minimum atomic E-state index is -0.529. The normalized spacial score (nSPS) is 19.4. The van der Waals surface area contributed by atoms with Crippen molar-refractivity contribution in [3.05, 3.63) is 53.7 Å². The number of nitrogens with zero attached hydrogens (tertiary/aromatic N) is 6. The first-order valence-corrected chi connectivity index (χ1v) is 13.5. The number of hydrogen-bond donors (Lipinski definition) is 0. The first kappa shape index (κ1) is 26.5. The molecule has 2 aliphatic rings. The van der Waals surface area contributed by atoms with Crippen LogP contribution in [0.2, 0.25) is 0 Å². The quantitative estimate of drug-likeness (QED) is 0.430. The van der Waals surface area contributed by atoms with E-state index in [2.05, 4.69) is 20.4 Å². The Balaban J connectivity index is 1.28. The first-order valence-electron chi connectivity index (χ1n) is 13.5. The number of aromatic nitrogens is 2. The molecular weight excluding hydrogens is 492 g/mol. The minimum Gasteiger partial charge on any atom is -0.444 e. The fraction of sp³-hybridized carbons (Fsp3) is 0.467. The van der Waals surface area contributed by atoms with Crippen LogP contribution in [0.15, 0.2) is 42.6 Å². The van der Waals surface area contributed by atoms with Crippen LogP contribution in [-0.2, 0) is 4.74 Å². The van der Waals surface area contributed by atoms with E-state index in [1.54, 1.807) is 18.9 Å². The van der Waals surface area contributed by atoms with Crippen molar-refractivity contribution in [1.82, 2.24) is 14.5 Å². The Morgan fingerprint density at radius 1 is 1.03 bits per heavy atom. The number of ether oxygens (including phenoxy) is 1. The number of anilines is 2. The molecule has 204 valence electrons. The topological polar surface area (TPSA) is 94.7 Å². The van der Waals surface area contributed by atoms with Gasteiger partial charge < -0.3 is 24.0 Å². The lowest BCUT2D eigenvalue weighted by Crippen LogP contribution is -2.47. The summed E-state index contributed by atoms with van der Waals surface area (Å²) in [4.78, 5) is 35.4. The molecule has 2 aromatic heterocycles. The van der Waals surface area contributed by atoms with Gasteiger partial charge in [-0.15, -0.1) is 0 Å². The standard InChI is InChI=1S/C30H36N6O3/c1-20(37)21-6-8-23(9-7-21)34-12-14-35(15-13-34)27-11-10-26-22(18-31)19-36(28(26)32-27)25-16-24(17-25)33(5)29(38)39-30(2,3)4/h6-11,19,24-25H,12-17H2,1-5H3. The van der Waals surface area contributed by atoms with Crippen LogP contribution in [0.5, 0.6) is 0 Å². The van der Waals surface area contributed by atoms with E-state index in [-0.39, 0.29) is 24.0 Å². The molecule has 0 atom stereocenters. The van der Waals surface area contributed by atoms with Crippen molar-refractivity contribution in [2.75, 3.05) is 43.0 Å². The van der Waals surface area contributed by atoms with E-state index in [0.717, 1.165) is 67.1 Å². The van der Waals surface area contributed by atoms with E-state index >= 15 is 0 Å². The van der Waals surface area contributed by atoms with Crippen LogP contribution in [0, 0.1) is 11.3 Å². The van der Waals surface area contributed by atoms with Crippen LogP contribution in [-0.4, -0.2) is 71.2 Å². The average Bonchev–Trinajstić information content (AvgIpc) is 3.24. The number of ketones is 1. The Morgan fingerprint density at radius 3 is 2.26 bits per heavy atom. The Labute approximate surface area is 229 Å². The molecule has 0 unspecified atom stereocenters. The molecule has 3 aromatic rings. The molecule has 9 heteroatoms. The molecule has 1 saturated heterocycles. The molecule has 1 aromatic carbocycles. The highest BCUT2D eigenvalue weighted by molar-refractivity contribution is 5.94. The number of carbonyl (C=O) groups is 2. The van der Waals surface area contributed by atoms with Gasteiger partial charge in [0.2, 0.25) is 0 Å². The number of Topliss-reactive ketones (excluding diaryl/α,β-unsaturated/α-hetero) is 1. The maximum atomic E-state index is 12.5. The maximum absolute atomic E-state index is 12.5. The summed E-state index contributed by atoms with van der Waals surface area (Å²) in [5, 5.41) is 10.6. The van der Waals surface area contributed by atoms with Gasteiger partial charge in [-0.25, -0.2) is 9.78 Å². The monoisotopic (exact) mass is 528 g/mol. The van der Waals surface area contributed by atoms with Gasteiger partial charge in [-0.1, -0.05) is 0 Å². The Morgan fingerprint density at radius 2 is 1.67 bits per heavy atom. The predicted octanol–water partition coefficient (Wildman–Crippen LogP) is 5.01. The lowest BCUT2D eigenvalue weighted by molar-refractivity contribution is 0.00808. The maximum Gasteiger partial charge on any atom is 0.410 e. The van der Waals surface area contributed by atoms with E-state index in [9.17, 15) is 14.9 Å². The smallest absolute Gasteiger partial charge is 0.410 e. The number of hydrogen-bond acceptors (Lipinski definition) is 7. The summed E-state index contributed by atoms with van der Waals surface area (Å²) in [7, 11) is 1.79. The van der Waals surface area contributed by atoms with E-state index < -0.39 is 5.60 Å². The summed E-state index contributed by atoms with van der Waals surface area (Å²) in [5.41, 5.74) is 2.75. The second-order valence-corrected chi connectivity index (χ2v) is 11.5. The molecule has 9 nitrogen and oxygen atoms in total. The Bertz CT molecular complexity index is 1420. The summed E-state index contributed by atoms with van der Waals surface area (Å²) < 4.78 is 7.64. The molecule has 3 heterocycles. The van der Waals surface area contributed by atoms with Gasteiger partial charge in [0.05, 0.1) is 5.56 Å². The van der Waals surface area contributed by atoms with Gasteiger partial charge in [-0.05, 0) is 76.9 Å². The molecule has 1 amide bonds. The van der Waals surface area contributed by atoms with Crippen molar-refractivity contribution in [2.24, 2.45) is 0 Å². The summed E-state index contributed by atoms with van der Waals surface area (Å²) in [6.45, 7) is 10.5. The van der Waals surface area contributed by atoms with E-state index in [1.165, 1.54) is 0 Å². The minimum absolute atomic E-state index is 0.0737.